The fourth-order valence-corrected chi connectivity index (χ4v) is 0.957. The van der Waals surface area contributed by atoms with Gasteiger partial charge in [-0.25, -0.2) is 9.69 Å². The normalized spacial score (nSPS) is 21.0. The van der Waals surface area contributed by atoms with Gasteiger partial charge in [-0.3, -0.25) is 4.79 Å². The largest absolute Gasteiger partial charge is 0.433 e. The summed E-state index contributed by atoms with van der Waals surface area (Å²) in [5.41, 5.74) is -1.12. The van der Waals surface area contributed by atoms with Crippen LogP contribution in [-0.2, 0) is 14.3 Å². The molecule has 1 aliphatic heterocycles. The topological polar surface area (TPSA) is 63.7 Å². The van der Waals surface area contributed by atoms with Crippen LogP contribution in [0.4, 0.5) is 4.79 Å². The van der Waals surface area contributed by atoms with Gasteiger partial charge in [-0.2, -0.15) is 0 Å². The third-order valence-corrected chi connectivity index (χ3v) is 1.58. The molecule has 0 radical (unpaired) electrons. The molecule has 1 rings (SSSR count). The van der Waals surface area contributed by atoms with Crippen LogP contribution in [0, 0.1) is 0 Å². The second kappa shape index (κ2) is 2.58. The van der Waals surface area contributed by atoms with Gasteiger partial charge in [0.15, 0.2) is 5.60 Å². The van der Waals surface area contributed by atoms with Crippen molar-refractivity contribution in [2.75, 3.05) is 6.54 Å². The van der Waals surface area contributed by atoms with E-state index in [9.17, 15) is 14.4 Å². The van der Waals surface area contributed by atoms with E-state index in [-0.39, 0.29) is 6.54 Å². The molecule has 5 heteroatoms. The maximum Gasteiger partial charge on any atom is 0.418 e. The molecule has 0 aromatic heterocycles. The van der Waals surface area contributed by atoms with Gasteiger partial charge >= 0.3 is 6.09 Å². The molecule has 0 saturated carbocycles. The summed E-state index contributed by atoms with van der Waals surface area (Å²) in [5.74, 6) is -0.473. The molecule has 12 heavy (non-hydrogen) atoms. The SMILES string of the molecule is CC1(C)OC(=O)N(CC=O)C1=O. The van der Waals surface area contributed by atoms with E-state index in [1.165, 1.54) is 13.8 Å². The van der Waals surface area contributed by atoms with Gasteiger partial charge in [-0.05, 0) is 13.8 Å². The van der Waals surface area contributed by atoms with Crippen molar-refractivity contribution in [2.24, 2.45) is 0 Å². The molecule has 66 valence electrons. The highest BCUT2D eigenvalue weighted by atomic mass is 16.6. The maximum absolute atomic E-state index is 11.2. The average Bonchev–Trinajstić information content (AvgIpc) is 2.13. The zero-order valence-electron chi connectivity index (χ0n) is 6.86. The van der Waals surface area contributed by atoms with Crippen molar-refractivity contribution in [3.05, 3.63) is 0 Å². The van der Waals surface area contributed by atoms with Gasteiger partial charge < -0.3 is 9.53 Å². The van der Waals surface area contributed by atoms with Crippen LogP contribution in [-0.4, -0.2) is 35.3 Å². The number of imide groups is 1. The van der Waals surface area contributed by atoms with Crippen LogP contribution in [0.3, 0.4) is 0 Å². The average molecular weight is 171 g/mol. The Bertz CT molecular complexity index is 246. The summed E-state index contributed by atoms with van der Waals surface area (Å²) >= 11 is 0. The summed E-state index contributed by atoms with van der Waals surface area (Å²) in [6, 6.07) is 0. The van der Waals surface area contributed by atoms with Crippen LogP contribution in [0.1, 0.15) is 13.8 Å². The molecule has 0 atom stereocenters. The van der Waals surface area contributed by atoms with E-state index in [0.29, 0.717) is 6.29 Å². The number of hydrogen-bond acceptors (Lipinski definition) is 4. The Morgan fingerprint density at radius 1 is 1.50 bits per heavy atom. The van der Waals surface area contributed by atoms with E-state index >= 15 is 0 Å². The molecule has 0 spiro atoms. The molecule has 1 fully saturated rings. The fraction of sp³-hybridized carbons (Fsp3) is 0.571. The number of aldehydes is 1. The molecule has 0 N–H and O–H groups in total. The Morgan fingerprint density at radius 2 is 2.08 bits per heavy atom. The Hall–Kier alpha value is -1.39. The number of nitrogens with zero attached hydrogens (tertiary/aromatic N) is 1. The summed E-state index contributed by atoms with van der Waals surface area (Å²) in [4.78, 5) is 33.0. The predicted octanol–water partition coefficient (Wildman–Crippen LogP) is -0.0573. The minimum atomic E-state index is -1.12. The second-order valence-corrected chi connectivity index (χ2v) is 2.96. The number of carbonyl (C=O) groups excluding carboxylic acids is 3. The zero-order chi connectivity index (χ0) is 9.35. The highest BCUT2D eigenvalue weighted by Gasteiger charge is 2.46. The van der Waals surface area contributed by atoms with Crippen molar-refractivity contribution < 1.29 is 19.1 Å². The predicted molar refractivity (Wildman–Crippen MR) is 38.3 cm³/mol. The lowest BCUT2D eigenvalue weighted by Gasteiger charge is -2.11. The summed E-state index contributed by atoms with van der Waals surface area (Å²) in [6.07, 6.45) is -0.266. The van der Waals surface area contributed by atoms with Crippen molar-refractivity contribution in [1.29, 1.82) is 0 Å². The van der Waals surface area contributed by atoms with Crippen molar-refractivity contribution in [3.63, 3.8) is 0 Å². The number of carbonyl (C=O) groups is 3. The minimum absolute atomic E-state index is 0.235. The monoisotopic (exact) mass is 171 g/mol. The second-order valence-electron chi connectivity index (χ2n) is 2.96. The van der Waals surface area contributed by atoms with Crippen LogP contribution in [0.15, 0.2) is 0 Å². The Balaban J connectivity index is 2.85. The maximum atomic E-state index is 11.2. The lowest BCUT2D eigenvalue weighted by atomic mass is 10.1. The van der Waals surface area contributed by atoms with Crippen LogP contribution in [0.2, 0.25) is 0 Å². The van der Waals surface area contributed by atoms with E-state index < -0.39 is 17.6 Å². The molecule has 0 unspecified atom stereocenters. The van der Waals surface area contributed by atoms with Gasteiger partial charge in [0.2, 0.25) is 0 Å². The summed E-state index contributed by atoms with van der Waals surface area (Å²) in [6.45, 7) is 2.73. The van der Waals surface area contributed by atoms with Gasteiger partial charge in [-0.15, -0.1) is 0 Å². The van der Waals surface area contributed by atoms with Crippen LogP contribution < -0.4 is 0 Å². The number of ether oxygens (including phenoxy) is 1. The lowest BCUT2D eigenvalue weighted by molar-refractivity contribution is -0.135. The molecular weight excluding hydrogens is 162 g/mol. The first-order valence-corrected chi connectivity index (χ1v) is 3.47. The van der Waals surface area contributed by atoms with Gasteiger partial charge in [0.25, 0.3) is 5.91 Å². The van der Waals surface area contributed by atoms with Crippen LogP contribution >= 0.6 is 0 Å². The van der Waals surface area contributed by atoms with Crippen molar-refractivity contribution in [3.8, 4) is 0 Å². The highest BCUT2D eigenvalue weighted by molar-refractivity contribution is 6.03. The number of rotatable bonds is 2. The molecule has 1 aliphatic rings. The zero-order valence-corrected chi connectivity index (χ0v) is 6.86. The van der Waals surface area contributed by atoms with E-state index in [1.807, 2.05) is 0 Å². The molecule has 0 aromatic carbocycles. The number of amides is 2. The fourth-order valence-electron chi connectivity index (χ4n) is 0.957. The van der Waals surface area contributed by atoms with E-state index in [1.54, 1.807) is 0 Å². The smallest absolute Gasteiger partial charge is 0.418 e. The summed E-state index contributed by atoms with van der Waals surface area (Å²) in [5, 5.41) is 0. The Morgan fingerprint density at radius 3 is 2.42 bits per heavy atom. The quantitative estimate of drug-likeness (QED) is 0.546. The van der Waals surface area contributed by atoms with E-state index in [2.05, 4.69) is 0 Å². The molecular formula is C7H9NO4. The standard InChI is InChI=1S/C7H9NO4/c1-7(2)5(10)8(3-4-9)6(11)12-7/h4H,3H2,1-2H3. The number of cyclic esters (lactones) is 1. The molecule has 5 nitrogen and oxygen atoms in total. The van der Waals surface area contributed by atoms with Crippen molar-refractivity contribution in [1.82, 2.24) is 4.90 Å². The van der Waals surface area contributed by atoms with E-state index in [0.717, 1.165) is 4.90 Å². The number of hydrogen-bond donors (Lipinski definition) is 0. The summed E-state index contributed by atoms with van der Waals surface area (Å²) < 4.78 is 4.70. The lowest BCUT2D eigenvalue weighted by Crippen LogP contribution is -2.37. The van der Waals surface area contributed by atoms with Gasteiger partial charge in [0, 0.05) is 0 Å². The first-order valence-electron chi connectivity index (χ1n) is 3.47. The molecule has 0 aliphatic carbocycles. The molecule has 1 saturated heterocycles. The Labute approximate surface area is 69.3 Å². The molecule has 0 aromatic rings. The van der Waals surface area contributed by atoms with Crippen LogP contribution in [0.25, 0.3) is 0 Å². The van der Waals surface area contributed by atoms with Crippen molar-refractivity contribution >= 4 is 18.3 Å². The molecule has 1 heterocycles. The molecule has 0 bridgehead atoms. The Kier molecular flexibility index (Phi) is 1.87. The van der Waals surface area contributed by atoms with Crippen molar-refractivity contribution in [2.45, 2.75) is 19.4 Å². The van der Waals surface area contributed by atoms with Gasteiger partial charge in [0.05, 0.1) is 6.54 Å². The van der Waals surface area contributed by atoms with Crippen LogP contribution in [0.5, 0.6) is 0 Å². The highest BCUT2D eigenvalue weighted by Crippen LogP contribution is 2.22. The van der Waals surface area contributed by atoms with Gasteiger partial charge in [-0.1, -0.05) is 0 Å². The first-order chi connectivity index (χ1) is 5.49. The van der Waals surface area contributed by atoms with Gasteiger partial charge in [0.1, 0.15) is 6.29 Å². The minimum Gasteiger partial charge on any atom is -0.433 e. The molecule has 2 amide bonds. The summed E-state index contributed by atoms with van der Waals surface area (Å²) in [7, 11) is 0. The van der Waals surface area contributed by atoms with E-state index in [4.69, 9.17) is 4.74 Å². The first kappa shape index (κ1) is 8.70. The third kappa shape index (κ3) is 1.17. The third-order valence-electron chi connectivity index (χ3n) is 1.58.